The Kier molecular flexibility index (Phi) is 3.90. The Bertz CT molecular complexity index is 628. The van der Waals surface area contributed by atoms with Gasteiger partial charge < -0.3 is 15.0 Å². The van der Waals surface area contributed by atoms with Crippen molar-refractivity contribution < 1.29 is 9.13 Å². The first-order valence-electron chi connectivity index (χ1n) is 7.00. The molecule has 3 rings (SSSR count). The third kappa shape index (κ3) is 2.64. The van der Waals surface area contributed by atoms with Gasteiger partial charge in [-0.1, -0.05) is 6.07 Å². The van der Waals surface area contributed by atoms with Gasteiger partial charge in [0.15, 0.2) is 11.6 Å². The lowest BCUT2D eigenvalue weighted by Crippen LogP contribution is -2.39. The quantitative estimate of drug-likeness (QED) is 0.928. The third-order valence-corrected chi connectivity index (χ3v) is 4.00. The number of rotatable bonds is 4. The molecule has 0 radical (unpaired) electrons. The summed E-state index contributed by atoms with van der Waals surface area (Å²) in [7, 11) is 1.46. The average Bonchev–Trinajstić information content (AvgIpc) is 2.96. The Morgan fingerprint density at radius 2 is 2.29 bits per heavy atom. The monoisotopic (exact) mass is 290 g/mol. The highest BCUT2D eigenvalue weighted by molar-refractivity contribution is 5.31. The number of imidazole rings is 1. The Labute approximate surface area is 123 Å². The minimum atomic E-state index is -0.355. The van der Waals surface area contributed by atoms with Crippen LogP contribution >= 0.6 is 0 Å². The molecule has 1 aliphatic heterocycles. The van der Waals surface area contributed by atoms with Crippen LogP contribution in [0.2, 0.25) is 0 Å². The van der Waals surface area contributed by atoms with Crippen LogP contribution in [0.15, 0.2) is 30.6 Å². The molecule has 0 spiro atoms. The van der Waals surface area contributed by atoms with Crippen molar-refractivity contribution in [1.82, 2.24) is 14.5 Å². The zero-order chi connectivity index (χ0) is 14.8. The number of methoxy groups -OCH3 is 1. The van der Waals surface area contributed by atoms with Gasteiger partial charge in [0, 0.05) is 38.1 Å². The molecule has 0 fully saturated rings. The van der Waals surface area contributed by atoms with E-state index in [9.17, 15) is 4.39 Å². The minimum absolute atomic E-state index is 0.0177. The Morgan fingerprint density at radius 3 is 3.00 bits per heavy atom. The number of benzene rings is 1. The molecule has 112 valence electrons. The first-order chi connectivity index (χ1) is 10.2. The van der Waals surface area contributed by atoms with Gasteiger partial charge in [-0.3, -0.25) is 4.90 Å². The van der Waals surface area contributed by atoms with E-state index in [1.807, 2.05) is 18.5 Å². The summed E-state index contributed by atoms with van der Waals surface area (Å²) in [5.41, 5.74) is 6.80. The largest absolute Gasteiger partial charge is 0.494 e. The van der Waals surface area contributed by atoms with E-state index in [1.165, 1.54) is 13.2 Å². The van der Waals surface area contributed by atoms with Gasteiger partial charge >= 0.3 is 0 Å². The van der Waals surface area contributed by atoms with E-state index in [0.29, 0.717) is 6.54 Å². The molecular weight excluding hydrogens is 271 g/mol. The number of halogens is 1. The molecule has 1 atom stereocenters. The molecule has 0 bridgehead atoms. The SMILES string of the molecule is COc1ccc(C(CN)N2CCn3ccnc3C2)cc1F. The number of fused-ring (bicyclic) bond motifs is 1. The lowest BCUT2D eigenvalue weighted by molar-refractivity contribution is 0.156. The highest BCUT2D eigenvalue weighted by Gasteiger charge is 2.25. The van der Waals surface area contributed by atoms with Gasteiger partial charge in [0.1, 0.15) is 5.82 Å². The van der Waals surface area contributed by atoms with Gasteiger partial charge in [-0.15, -0.1) is 0 Å². The third-order valence-electron chi connectivity index (χ3n) is 4.00. The molecule has 2 N–H and O–H groups in total. The Morgan fingerprint density at radius 1 is 1.43 bits per heavy atom. The molecule has 21 heavy (non-hydrogen) atoms. The van der Waals surface area contributed by atoms with E-state index in [2.05, 4.69) is 14.5 Å². The van der Waals surface area contributed by atoms with Crippen LogP contribution in [0.25, 0.3) is 0 Å². The zero-order valence-corrected chi connectivity index (χ0v) is 12.0. The number of nitrogens with zero attached hydrogens (tertiary/aromatic N) is 3. The topological polar surface area (TPSA) is 56.3 Å². The van der Waals surface area contributed by atoms with Gasteiger partial charge in [-0.2, -0.15) is 0 Å². The predicted octanol–water partition coefficient (Wildman–Crippen LogP) is 1.55. The molecule has 0 amide bonds. The van der Waals surface area contributed by atoms with Crippen molar-refractivity contribution >= 4 is 0 Å². The maximum atomic E-state index is 13.9. The normalized spacial score (nSPS) is 16.5. The molecule has 6 heteroatoms. The second-order valence-electron chi connectivity index (χ2n) is 5.15. The number of nitrogens with two attached hydrogens (primary N) is 1. The van der Waals surface area contributed by atoms with Gasteiger partial charge in [0.05, 0.1) is 13.7 Å². The highest BCUT2D eigenvalue weighted by atomic mass is 19.1. The van der Waals surface area contributed by atoms with Crippen molar-refractivity contribution in [2.45, 2.75) is 19.1 Å². The maximum absolute atomic E-state index is 13.9. The lowest BCUT2D eigenvalue weighted by atomic mass is 10.0. The van der Waals surface area contributed by atoms with Crippen LogP contribution in [0, 0.1) is 5.82 Å². The van der Waals surface area contributed by atoms with Crippen LogP contribution in [-0.2, 0) is 13.1 Å². The molecule has 0 saturated carbocycles. The van der Waals surface area contributed by atoms with Crippen molar-refractivity contribution in [2.24, 2.45) is 5.73 Å². The molecule has 2 heterocycles. The minimum Gasteiger partial charge on any atom is -0.494 e. The van der Waals surface area contributed by atoms with Crippen LogP contribution < -0.4 is 10.5 Å². The number of hydrogen-bond acceptors (Lipinski definition) is 4. The molecule has 0 saturated heterocycles. The zero-order valence-electron chi connectivity index (χ0n) is 12.0. The summed E-state index contributed by atoms with van der Waals surface area (Å²) in [5, 5.41) is 0. The van der Waals surface area contributed by atoms with Crippen LogP contribution in [0.4, 0.5) is 4.39 Å². The maximum Gasteiger partial charge on any atom is 0.165 e. The molecule has 1 aromatic heterocycles. The van der Waals surface area contributed by atoms with Crippen molar-refractivity contribution in [1.29, 1.82) is 0 Å². The van der Waals surface area contributed by atoms with E-state index in [-0.39, 0.29) is 17.6 Å². The van der Waals surface area contributed by atoms with E-state index in [4.69, 9.17) is 10.5 Å². The fraction of sp³-hybridized carbons (Fsp3) is 0.400. The molecule has 5 nitrogen and oxygen atoms in total. The highest BCUT2D eigenvalue weighted by Crippen LogP contribution is 2.27. The number of aromatic nitrogens is 2. The molecule has 1 aliphatic rings. The molecule has 1 aromatic carbocycles. The van der Waals surface area contributed by atoms with Gasteiger partial charge in [0.2, 0.25) is 0 Å². The summed E-state index contributed by atoms with van der Waals surface area (Å²) >= 11 is 0. The van der Waals surface area contributed by atoms with Gasteiger partial charge in [-0.05, 0) is 17.7 Å². The summed E-state index contributed by atoms with van der Waals surface area (Å²) in [4.78, 5) is 6.59. The van der Waals surface area contributed by atoms with Crippen molar-refractivity contribution in [3.8, 4) is 5.75 Å². The molecular formula is C15H19FN4O. The fourth-order valence-corrected chi connectivity index (χ4v) is 2.84. The summed E-state index contributed by atoms with van der Waals surface area (Å²) in [6.45, 7) is 2.92. The standard InChI is InChI=1S/C15H19FN4O/c1-21-14-3-2-11(8-12(14)16)13(9-17)20-7-6-19-5-4-18-15(19)10-20/h2-5,8,13H,6-7,9-10,17H2,1H3. The van der Waals surface area contributed by atoms with E-state index < -0.39 is 0 Å². The Balaban J connectivity index is 1.84. The van der Waals surface area contributed by atoms with Crippen LogP contribution in [0.1, 0.15) is 17.4 Å². The fourth-order valence-electron chi connectivity index (χ4n) is 2.84. The van der Waals surface area contributed by atoms with Crippen molar-refractivity contribution in [3.05, 3.63) is 47.8 Å². The summed E-state index contributed by atoms with van der Waals surface area (Å²) in [6.07, 6.45) is 3.79. The lowest BCUT2D eigenvalue weighted by Gasteiger charge is -2.34. The van der Waals surface area contributed by atoms with E-state index in [1.54, 1.807) is 6.07 Å². The average molecular weight is 290 g/mol. The predicted molar refractivity (Wildman–Crippen MR) is 77.4 cm³/mol. The Hall–Kier alpha value is -1.92. The smallest absolute Gasteiger partial charge is 0.165 e. The summed E-state index contributed by atoms with van der Waals surface area (Å²) < 4.78 is 21.0. The van der Waals surface area contributed by atoms with Gasteiger partial charge in [-0.25, -0.2) is 9.37 Å². The van der Waals surface area contributed by atoms with Crippen molar-refractivity contribution in [3.63, 3.8) is 0 Å². The van der Waals surface area contributed by atoms with Crippen LogP contribution in [0.3, 0.4) is 0 Å². The second-order valence-corrected chi connectivity index (χ2v) is 5.15. The molecule has 1 unspecified atom stereocenters. The second kappa shape index (κ2) is 5.83. The van der Waals surface area contributed by atoms with E-state index >= 15 is 0 Å². The van der Waals surface area contributed by atoms with Crippen LogP contribution in [0.5, 0.6) is 5.75 Å². The molecule has 0 aliphatic carbocycles. The van der Waals surface area contributed by atoms with Crippen molar-refractivity contribution in [2.75, 3.05) is 20.2 Å². The number of hydrogen-bond donors (Lipinski definition) is 1. The number of ether oxygens (including phenoxy) is 1. The van der Waals surface area contributed by atoms with Crippen LogP contribution in [-0.4, -0.2) is 34.7 Å². The summed E-state index contributed by atoms with van der Waals surface area (Å²) in [5.74, 6) is 0.921. The first kappa shape index (κ1) is 14.0. The van der Waals surface area contributed by atoms with Gasteiger partial charge in [0.25, 0.3) is 0 Å². The first-order valence-corrected chi connectivity index (χ1v) is 7.00. The van der Waals surface area contributed by atoms with E-state index in [0.717, 1.165) is 31.0 Å². The summed E-state index contributed by atoms with van der Waals surface area (Å²) in [6, 6.07) is 5.02. The molecule has 2 aromatic rings.